The molecule has 1 aliphatic heterocycles. The van der Waals surface area contributed by atoms with Crippen LogP contribution in [-0.4, -0.2) is 6.54 Å². The van der Waals surface area contributed by atoms with Crippen LogP contribution in [0.4, 0.5) is 8.78 Å². The molecule has 1 atom stereocenters. The monoisotopic (exact) mass is 222 g/mol. The molecule has 1 N–H and O–H groups in total. The van der Waals surface area contributed by atoms with Gasteiger partial charge in [-0.15, -0.1) is 0 Å². The van der Waals surface area contributed by atoms with E-state index >= 15 is 0 Å². The SMILES string of the molecule is N#CC1(c2ccc(F)c(F)c2)CCCCN1. The second kappa shape index (κ2) is 4.18. The standard InChI is InChI=1S/C12H12F2N2/c13-10-4-3-9(7-11(10)14)12(8-15)5-1-2-6-16-12/h3-4,7,16H,1-2,5-6H2. The number of rotatable bonds is 1. The summed E-state index contributed by atoms with van der Waals surface area (Å²) < 4.78 is 25.9. The number of piperidine rings is 1. The Bertz CT molecular complexity index is 431. The predicted octanol–water partition coefficient (Wildman–Crippen LogP) is 2.46. The molecule has 1 saturated heterocycles. The molecular formula is C12H12F2N2. The summed E-state index contributed by atoms with van der Waals surface area (Å²) in [5, 5.41) is 12.3. The highest BCUT2D eigenvalue weighted by Gasteiger charge is 2.34. The van der Waals surface area contributed by atoms with Crippen LogP contribution in [0.5, 0.6) is 0 Å². The Morgan fingerprint density at radius 3 is 2.62 bits per heavy atom. The van der Waals surface area contributed by atoms with Crippen molar-refractivity contribution in [1.82, 2.24) is 5.32 Å². The van der Waals surface area contributed by atoms with Gasteiger partial charge in [0.15, 0.2) is 11.6 Å². The molecule has 0 aliphatic carbocycles. The van der Waals surface area contributed by atoms with Crippen LogP contribution in [0.25, 0.3) is 0 Å². The van der Waals surface area contributed by atoms with Crippen molar-refractivity contribution in [1.29, 1.82) is 5.26 Å². The Morgan fingerprint density at radius 2 is 2.06 bits per heavy atom. The van der Waals surface area contributed by atoms with E-state index in [0.29, 0.717) is 12.0 Å². The van der Waals surface area contributed by atoms with Crippen LogP contribution in [0.15, 0.2) is 18.2 Å². The van der Waals surface area contributed by atoms with E-state index in [1.165, 1.54) is 6.07 Å². The summed E-state index contributed by atoms with van der Waals surface area (Å²) in [6, 6.07) is 5.83. The Labute approximate surface area is 92.9 Å². The van der Waals surface area contributed by atoms with Gasteiger partial charge in [0.1, 0.15) is 5.54 Å². The quantitative estimate of drug-likeness (QED) is 0.792. The van der Waals surface area contributed by atoms with E-state index in [-0.39, 0.29) is 0 Å². The molecule has 2 rings (SSSR count). The first kappa shape index (κ1) is 11.0. The minimum atomic E-state index is -0.903. The molecule has 0 saturated carbocycles. The van der Waals surface area contributed by atoms with Crippen LogP contribution < -0.4 is 5.32 Å². The number of hydrogen-bond acceptors (Lipinski definition) is 2. The van der Waals surface area contributed by atoms with E-state index in [4.69, 9.17) is 0 Å². The topological polar surface area (TPSA) is 35.8 Å². The maximum atomic E-state index is 13.1. The van der Waals surface area contributed by atoms with Crippen molar-refractivity contribution in [2.24, 2.45) is 0 Å². The molecule has 1 aromatic rings. The van der Waals surface area contributed by atoms with Gasteiger partial charge in [-0.2, -0.15) is 5.26 Å². The van der Waals surface area contributed by atoms with Crippen molar-refractivity contribution in [3.63, 3.8) is 0 Å². The third-order valence-corrected chi connectivity index (χ3v) is 3.01. The zero-order chi connectivity index (χ0) is 11.6. The van der Waals surface area contributed by atoms with Crippen LogP contribution in [-0.2, 0) is 5.54 Å². The van der Waals surface area contributed by atoms with Crippen molar-refractivity contribution < 1.29 is 8.78 Å². The third-order valence-electron chi connectivity index (χ3n) is 3.01. The summed E-state index contributed by atoms with van der Waals surface area (Å²) in [5.41, 5.74) is -0.346. The van der Waals surface area contributed by atoms with Gasteiger partial charge in [-0.25, -0.2) is 8.78 Å². The molecule has 1 fully saturated rings. The number of hydrogen-bond donors (Lipinski definition) is 1. The lowest BCUT2D eigenvalue weighted by Gasteiger charge is -2.32. The van der Waals surface area contributed by atoms with Crippen molar-refractivity contribution in [2.75, 3.05) is 6.54 Å². The molecule has 1 aromatic carbocycles. The van der Waals surface area contributed by atoms with Crippen LogP contribution in [0, 0.1) is 23.0 Å². The van der Waals surface area contributed by atoms with Gasteiger partial charge in [0.25, 0.3) is 0 Å². The van der Waals surface area contributed by atoms with Crippen molar-refractivity contribution in [2.45, 2.75) is 24.8 Å². The molecule has 0 radical (unpaired) electrons. The Hall–Kier alpha value is -1.47. The summed E-state index contributed by atoms with van der Waals surface area (Å²) in [6.07, 6.45) is 2.56. The fourth-order valence-electron chi connectivity index (χ4n) is 2.07. The Kier molecular flexibility index (Phi) is 2.88. The fraction of sp³-hybridized carbons (Fsp3) is 0.417. The van der Waals surface area contributed by atoms with Crippen LogP contribution in [0.2, 0.25) is 0 Å². The molecule has 0 bridgehead atoms. The highest BCUT2D eigenvalue weighted by atomic mass is 19.2. The van der Waals surface area contributed by atoms with Crippen molar-refractivity contribution in [3.8, 4) is 6.07 Å². The second-order valence-corrected chi connectivity index (χ2v) is 4.03. The maximum absolute atomic E-state index is 13.1. The van der Waals surface area contributed by atoms with Gasteiger partial charge in [-0.3, -0.25) is 5.32 Å². The lowest BCUT2D eigenvalue weighted by Crippen LogP contribution is -2.44. The van der Waals surface area contributed by atoms with Crippen LogP contribution in [0.3, 0.4) is 0 Å². The first-order valence-corrected chi connectivity index (χ1v) is 5.30. The maximum Gasteiger partial charge on any atom is 0.159 e. The summed E-state index contributed by atoms with van der Waals surface area (Å²) in [7, 11) is 0. The first-order valence-electron chi connectivity index (χ1n) is 5.30. The van der Waals surface area contributed by atoms with E-state index in [2.05, 4.69) is 11.4 Å². The minimum absolute atomic E-state index is 0.508. The molecule has 1 heterocycles. The zero-order valence-electron chi connectivity index (χ0n) is 8.76. The summed E-state index contributed by atoms with van der Waals surface area (Å²) in [5.74, 6) is -1.79. The van der Waals surface area contributed by atoms with Gasteiger partial charge < -0.3 is 0 Å². The zero-order valence-corrected chi connectivity index (χ0v) is 8.76. The number of nitrogens with one attached hydrogen (secondary N) is 1. The van der Waals surface area contributed by atoms with Gasteiger partial charge in [0.05, 0.1) is 6.07 Å². The fourth-order valence-corrected chi connectivity index (χ4v) is 2.07. The molecule has 0 amide bonds. The Balaban J connectivity index is 2.40. The van der Waals surface area contributed by atoms with Crippen LogP contribution >= 0.6 is 0 Å². The lowest BCUT2D eigenvalue weighted by molar-refractivity contribution is 0.328. The average molecular weight is 222 g/mol. The van der Waals surface area contributed by atoms with Gasteiger partial charge in [-0.05, 0) is 43.5 Å². The van der Waals surface area contributed by atoms with E-state index in [0.717, 1.165) is 31.5 Å². The largest absolute Gasteiger partial charge is 0.296 e. The molecule has 4 heteroatoms. The molecular weight excluding hydrogens is 210 g/mol. The van der Waals surface area contributed by atoms with E-state index in [1.54, 1.807) is 0 Å². The molecule has 1 unspecified atom stereocenters. The smallest absolute Gasteiger partial charge is 0.159 e. The third kappa shape index (κ3) is 1.79. The van der Waals surface area contributed by atoms with Gasteiger partial charge in [0, 0.05) is 0 Å². The van der Waals surface area contributed by atoms with E-state index in [1.807, 2.05) is 0 Å². The number of benzene rings is 1. The lowest BCUT2D eigenvalue weighted by atomic mass is 9.83. The summed E-state index contributed by atoms with van der Waals surface area (Å²) in [6.45, 7) is 0.729. The van der Waals surface area contributed by atoms with Crippen LogP contribution in [0.1, 0.15) is 24.8 Å². The summed E-state index contributed by atoms with van der Waals surface area (Å²) in [4.78, 5) is 0. The Morgan fingerprint density at radius 1 is 1.25 bits per heavy atom. The van der Waals surface area contributed by atoms with E-state index < -0.39 is 17.2 Å². The second-order valence-electron chi connectivity index (χ2n) is 4.03. The highest BCUT2D eigenvalue weighted by molar-refractivity contribution is 5.32. The summed E-state index contributed by atoms with van der Waals surface area (Å²) >= 11 is 0. The molecule has 0 spiro atoms. The van der Waals surface area contributed by atoms with Gasteiger partial charge in [-0.1, -0.05) is 6.07 Å². The molecule has 0 aromatic heterocycles. The molecule has 16 heavy (non-hydrogen) atoms. The normalized spacial score (nSPS) is 25.1. The van der Waals surface area contributed by atoms with Crippen molar-refractivity contribution >= 4 is 0 Å². The number of nitrogens with zero attached hydrogens (tertiary/aromatic N) is 1. The average Bonchev–Trinajstić information content (AvgIpc) is 2.33. The van der Waals surface area contributed by atoms with Crippen molar-refractivity contribution in [3.05, 3.63) is 35.4 Å². The van der Waals surface area contributed by atoms with Gasteiger partial charge >= 0.3 is 0 Å². The molecule has 2 nitrogen and oxygen atoms in total. The predicted molar refractivity (Wildman–Crippen MR) is 55.5 cm³/mol. The highest BCUT2D eigenvalue weighted by Crippen LogP contribution is 2.30. The molecule has 84 valence electrons. The number of halogens is 2. The number of nitriles is 1. The molecule has 1 aliphatic rings. The van der Waals surface area contributed by atoms with E-state index in [9.17, 15) is 14.0 Å². The minimum Gasteiger partial charge on any atom is -0.296 e. The first-order chi connectivity index (χ1) is 7.68. The van der Waals surface area contributed by atoms with Gasteiger partial charge in [0.2, 0.25) is 0 Å².